The first-order chi connectivity index (χ1) is 9.72. The molecule has 2 aromatic rings. The van der Waals surface area contributed by atoms with E-state index in [2.05, 4.69) is 0 Å². The van der Waals surface area contributed by atoms with E-state index in [1.807, 2.05) is 37.3 Å². The van der Waals surface area contributed by atoms with Crippen LogP contribution in [0.15, 0.2) is 66.7 Å². The Morgan fingerprint density at radius 1 is 1.05 bits per heavy atom. The molecule has 0 spiro atoms. The predicted molar refractivity (Wildman–Crippen MR) is 80.0 cm³/mol. The van der Waals surface area contributed by atoms with Crippen LogP contribution in [-0.2, 0) is 4.79 Å². The van der Waals surface area contributed by atoms with Gasteiger partial charge in [-0.3, -0.25) is 4.79 Å². The Morgan fingerprint density at radius 3 is 2.15 bits per heavy atom. The molecule has 0 aliphatic heterocycles. The monoisotopic (exact) mass is 269 g/mol. The summed E-state index contributed by atoms with van der Waals surface area (Å²) in [5.41, 5.74) is 1.17. The van der Waals surface area contributed by atoms with Crippen molar-refractivity contribution in [2.24, 2.45) is 0 Å². The summed E-state index contributed by atoms with van der Waals surface area (Å²) in [7, 11) is 0. The Labute approximate surface area is 118 Å². The zero-order valence-corrected chi connectivity index (χ0v) is 11.3. The molecule has 2 aromatic carbocycles. The zero-order chi connectivity index (χ0) is 14.4. The lowest BCUT2D eigenvalue weighted by atomic mass is 10.2. The third kappa shape index (κ3) is 3.32. The number of hydrogen-bond donors (Lipinski definition) is 0. The van der Waals surface area contributed by atoms with Gasteiger partial charge in [-0.05, 0) is 19.1 Å². The van der Waals surface area contributed by atoms with Crippen LogP contribution in [0.4, 0.5) is 10.1 Å². The van der Waals surface area contributed by atoms with Gasteiger partial charge in [0.15, 0.2) is 0 Å². The van der Waals surface area contributed by atoms with Crippen LogP contribution in [0.3, 0.4) is 0 Å². The summed E-state index contributed by atoms with van der Waals surface area (Å²) in [6.45, 7) is 2.35. The summed E-state index contributed by atoms with van der Waals surface area (Å²) in [6, 6.07) is 17.8. The molecule has 0 aliphatic carbocycles. The second-order valence-corrected chi connectivity index (χ2v) is 4.28. The number of anilines is 1. The largest absolute Gasteiger partial charge is 0.309 e. The molecule has 0 N–H and O–H groups in total. The van der Waals surface area contributed by atoms with Crippen molar-refractivity contribution >= 4 is 17.4 Å². The smallest absolute Gasteiger partial charge is 0.253 e. The van der Waals surface area contributed by atoms with Gasteiger partial charge in [0.05, 0.1) is 0 Å². The van der Waals surface area contributed by atoms with E-state index in [0.29, 0.717) is 12.1 Å². The van der Waals surface area contributed by atoms with Gasteiger partial charge >= 0.3 is 0 Å². The van der Waals surface area contributed by atoms with Crippen LogP contribution in [0.1, 0.15) is 12.5 Å². The van der Waals surface area contributed by atoms with Crippen molar-refractivity contribution in [1.29, 1.82) is 0 Å². The lowest BCUT2D eigenvalue weighted by molar-refractivity contribution is -0.114. The molecular formula is C17H16FNO. The standard InChI is InChI=1S/C17H16FNO/c1-2-19(15-11-7-4-8-12-15)17(20)13-16(18)14-9-5-3-6-10-14/h3-13H,2H2,1H3/b16-13+. The zero-order valence-electron chi connectivity index (χ0n) is 11.3. The maximum absolute atomic E-state index is 14.0. The maximum Gasteiger partial charge on any atom is 0.253 e. The molecule has 20 heavy (non-hydrogen) atoms. The number of hydrogen-bond acceptors (Lipinski definition) is 1. The molecule has 0 bridgehead atoms. The van der Waals surface area contributed by atoms with Crippen LogP contribution < -0.4 is 4.90 Å². The van der Waals surface area contributed by atoms with Crippen molar-refractivity contribution in [3.05, 3.63) is 72.3 Å². The van der Waals surface area contributed by atoms with Crippen LogP contribution in [0, 0.1) is 0 Å². The highest BCUT2D eigenvalue weighted by Crippen LogP contribution is 2.18. The van der Waals surface area contributed by atoms with Gasteiger partial charge in [-0.2, -0.15) is 0 Å². The third-order valence-electron chi connectivity index (χ3n) is 2.95. The third-order valence-corrected chi connectivity index (χ3v) is 2.95. The number of rotatable bonds is 4. The van der Waals surface area contributed by atoms with Crippen LogP contribution in [0.25, 0.3) is 5.83 Å². The first-order valence-corrected chi connectivity index (χ1v) is 6.51. The van der Waals surface area contributed by atoms with E-state index in [0.717, 1.165) is 11.8 Å². The molecule has 0 aliphatic rings. The Hall–Kier alpha value is -2.42. The van der Waals surface area contributed by atoms with Crippen LogP contribution in [0.5, 0.6) is 0 Å². The molecule has 1 amide bonds. The first kappa shape index (κ1) is 14.0. The number of carbonyl (C=O) groups excluding carboxylic acids is 1. The highest BCUT2D eigenvalue weighted by Gasteiger charge is 2.12. The molecule has 0 fully saturated rings. The summed E-state index contributed by atoms with van der Waals surface area (Å²) in [5, 5.41) is 0. The van der Waals surface area contributed by atoms with Crippen molar-refractivity contribution in [2.75, 3.05) is 11.4 Å². The summed E-state index contributed by atoms with van der Waals surface area (Å²) in [5.74, 6) is -0.884. The van der Waals surface area contributed by atoms with Crippen molar-refractivity contribution in [3.63, 3.8) is 0 Å². The van der Waals surface area contributed by atoms with E-state index >= 15 is 0 Å². The molecule has 0 radical (unpaired) electrons. The number of halogens is 1. The van der Waals surface area contributed by atoms with E-state index in [1.165, 1.54) is 4.90 Å². The molecule has 102 valence electrons. The Balaban J connectivity index is 2.22. The Bertz CT molecular complexity index is 593. The van der Waals surface area contributed by atoms with Crippen molar-refractivity contribution in [3.8, 4) is 0 Å². The number of amides is 1. The molecule has 0 unspecified atom stereocenters. The topological polar surface area (TPSA) is 20.3 Å². The van der Waals surface area contributed by atoms with Gasteiger partial charge in [-0.15, -0.1) is 0 Å². The van der Waals surface area contributed by atoms with Gasteiger partial charge in [-0.1, -0.05) is 48.5 Å². The van der Waals surface area contributed by atoms with Gasteiger partial charge in [0.1, 0.15) is 5.83 Å². The lowest BCUT2D eigenvalue weighted by Crippen LogP contribution is -2.28. The SMILES string of the molecule is CCN(C(=O)/C=C(/F)c1ccccc1)c1ccccc1. The fourth-order valence-corrected chi connectivity index (χ4v) is 1.94. The minimum Gasteiger partial charge on any atom is -0.309 e. The number of benzene rings is 2. The predicted octanol–water partition coefficient (Wildman–Crippen LogP) is 4.05. The van der Waals surface area contributed by atoms with Crippen LogP contribution >= 0.6 is 0 Å². The average Bonchev–Trinajstić information content (AvgIpc) is 2.50. The maximum atomic E-state index is 14.0. The number of para-hydroxylation sites is 1. The minimum absolute atomic E-state index is 0.361. The van der Waals surface area contributed by atoms with Crippen molar-refractivity contribution in [1.82, 2.24) is 0 Å². The lowest BCUT2D eigenvalue weighted by Gasteiger charge is -2.19. The number of nitrogens with zero attached hydrogens (tertiary/aromatic N) is 1. The van der Waals surface area contributed by atoms with Gasteiger partial charge in [0, 0.05) is 23.9 Å². The first-order valence-electron chi connectivity index (χ1n) is 6.51. The second kappa shape index (κ2) is 6.66. The fraction of sp³-hybridized carbons (Fsp3) is 0.118. The average molecular weight is 269 g/mol. The molecule has 0 heterocycles. The fourth-order valence-electron chi connectivity index (χ4n) is 1.94. The van der Waals surface area contributed by atoms with Gasteiger partial charge in [-0.25, -0.2) is 4.39 Å². The van der Waals surface area contributed by atoms with E-state index in [4.69, 9.17) is 0 Å². The number of carbonyl (C=O) groups is 1. The second-order valence-electron chi connectivity index (χ2n) is 4.28. The van der Waals surface area contributed by atoms with Crippen LogP contribution in [-0.4, -0.2) is 12.5 Å². The molecule has 0 saturated heterocycles. The highest BCUT2D eigenvalue weighted by molar-refractivity contribution is 6.04. The van der Waals surface area contributed by atoms with Gasteiger partial charge < -0.3 is 4.90 Å². The molecule has 0 saturated carbocycles. The highest BCUT2D eigenvalue weighted by atomic mass is 19.1. The van der Waals surface area contributed by atoms with Gasteiger partial charge in [0.25, 0.3) is 5.91 Å². The van der Waals surface area contributed by atoms with E-state index in [-0.39, 0.29) is 5.91 Å². The summed E-state index contributed by atoms with van der Waals surface area (Å²) < 4.78 is 14.0. The summed E-state index contributed by atoms with van der Waals surface area (Å²) >= 11 is 0. The minimum atomic E-state index is -0.523. The summed E-state index contributed by atoms with van der Waals surface area (Å²) in [6.07, 6.45) is 1.03. The van der Waals surface area contributed by atoms with Gasteiger partial charge in [0.2, 0.25) is 0 Å². The van der Waals surface area contributed by atoms with Crippen molar-refractivity contribution in [2.45, 2.75) is 6.92 Å². The van der Waals surface area contributed by atoms with E-state index < -0.39 is 5.83 Å². The van der Waals surface area contributed by atoms with Crippen molar-refractivity contribution < 1.29 is 9.18 Å². The molecule has 2 rings (SSSR count). The molecule has 0 aromatic heterocycles. The Morgan fingerprint density at radius 2 is 1.60 bits per heavy atom. The molecule has 2 nitrogen and oxygen atoms in total. The molecule has 0 atom stereocenters. The Kier molecular flexibility index (Phi) is 4.66. The van der Waals surface area contributed by atoms with E-state index in [1.54, 1.807) is 30.3 Å². The van der Waals surface area contributed by atoms with E-state index in [9.17, 15) is 9.18 Å². The summed E-state index contributed by atoms with van der Waals surface area (Å²) in [4.78, 5) is 13.7. The quantitative estimate of drug-likeness (QED) is 0.767. The number of likely N-dealkylation sites (N-methyl/N-ethyl adjacent to an activating group) is 1. The molecular weight excluding hydrogens is 253 g/mol. The molecule has 3 heteroatoms. The van der Waals surface area contributed by atoms with Crippen LogP contribution in [0.2, 0.25) is 0 Å². The normalized spacial score (nSPS) is 11.2.